The van der Waals surface area contributed by atoms with Crippen LogP contribution in [-0.2, 0) is 19.1 Å². The number of nitrogens with zero attached hydrogens (tertiary/aromatic N) is 1. The minimum absolute atomic E-state index is 0.00924. The van der Waals surface area contributed by atoms with Gasteiger partial charge in [-0.15, -0.1) is 0 Å². The van der Waals surface area contributed by atoms with Crippen LogP contribution in [-0.4, -0.2) is 95.7 Å². The third-order valence-corrected chi connectivity index (χ3v) is 8.20. The van der Waals surface area contributed by atoms with Crippen LogP contribution < -0.4 is 27.0 Å². The quantitative estimate of drug-likeness (QED) is 0.0439. The molecule has 46 heavy (non-hydrogen) atoms. The van der Waals surface area contributed by atoms with Crippen LogP contribution in [0.1, 0.15) is 142 Å². The Morgan fingerprint density at radius 3 is 1.26 bits per heavy atom. The van der Waals surface area contributed by atoms with Gasteiger partial charge in [0.05, 0.1) is 13.5 Å². The Kier molecular flexibility index (Phi) is 37.1. The second kappa shape index (κ2) is 38.2. The first-order valence-corrected chi connectivity index (χ1v) is 19.2. The van der Waals surface area contributed by atoms with Gasteiger partial charge in [-0.2, -0.15) is 0 Å². The van der Waals surface area contributed by atoms with E-state index < -0.39 is 0 Å². The number of hydrogen-bond donors (Lipinski definition) is 5. The first kappa shape index (κ1) is 44.7. The smallest absolute Gasteiger partial charge is 0.221 e. The zero-order valence-electron chi connectivity index (χ0n) is 30.3. The second-order valence-electron chi connectivity index (χ2n) is 12.6. The van der Waals surface area contributed by atoms with Gasteiger partial charge < -0.3 is 30.7 Å². The van der Waals surface area contributed by atoms with Crippen molar-refractivity contribution >= 4 is 11.8 Å². The Morgan fingerprint density at radius 2 is 0.891 bits per heavy atom. The van der Waals surface area contributed by atoms with Gasteiger partial charge in [-0.3, -0.25) is 20.2 Å². The van der Waals surface area contributed by atoms with Crippen LogP contribution in [0.2, 0.25) is 0 Å². The lowest BCUT2D eigenvalue weighted by Gasteiger charge is -2.21. The summed E-state index contributed by atoms with van der Waals surface area (Å²) in [5, 5.41) is 12.3. The number of amides is 2. The van der Waals surface area contributed by atoms with Crippen molar-refractivity contribution in [1.29, 1.82) is 0 Å². The molecule has 0 radical (unpaired) electrons. The van der Waals surface area contributed by atoms with Crippen molar-refractivity contribution in [2.24, 2.45) is 5.73 Å². The van der Waals surface area contributed by atoms with Gasteiger partial charge >= 0.3 is 0 Å². The average molecular weight is 657 g/mol. The van der Waals surface area contributed by atoms with Crippen LogP contribution in [0.25, 0.3) is 0 Å². The Hall–Kier alpha value is -1.30. The van der Waals surface area contributed by atoms with Gasteiger partial charge in [0.2, 0.25) is 11.8 Å². The van der Waals surface area contributed by atoms with Gasteiger partial charge in [0.25, 0.3) is 0 Å². The summed E-state index contributed by atoms with van der Waals surface area (Å²) in [6.45, 7) is 11.9. The lowest BCUT2D eigenvalue weighted by atomic mass is 10.1. The molecule has 0 saturated carbocycles. The third-order valence-electron chi connectivity index (χ3n) is 8.20. The topological polar surface area (TPSA) is 130 Å². The minimum Gasteiger partial charge on any atom is -0.366 e. The number of rotatable bonds is 38. The standard InChI is InChI=1S/C36H76N6O4/c1-3-5-7-9-11-13-15-17-19-31-45-33-38-24-26-40-35(43)21-28-42(30-23-37)29-22-36(44)41-27-25-39-34-46-32-20-18-16-14-12-10-8-6-4-2/h38-39H,3-34,37H2,1-2H3,(H,40,43)(H,41,44). The van der Waals surface area contributed by atoms with Gasteiger partial charge in [-0.25, -0.2) is 0 Å². The molecule has 0 aliphatic heterocycles. The fourth-order valence-electron chi connectivity index (χ4n) is 5.26. The number of hydrogen-bond acceptors (Lipinski definition) is 8. The van der Waals surface area contributed by atoms with Crippen molar-refractivity contribution < 1.29 is 19.1 Å². The molecule has 2 amide bonds. The van der Waals surface area contributed by atoms with E-state index in [0.717, 1.165) is 26.1 Å². The van der Waals surface area contributed by atoms with Gasteiger partial charge in [0.15, 0.2) is 0 Å². The van der Waals surface area contributed by atoms with Crippen LogP contribution in [0.3, 0.4) is 0 Å². The Labute approximate surface area is 283 Å². The number of carbonyl (C=O) groups is 2. The molecule has 0 aromatic heterocycles. The summed E-state index contributed by atoms with van der Waals surface area (Å²) in [6.07, 6.45) is 24.4. The van der Waals surface area contributed by atoms with E-state index in [1.54, 1.807) is 0 Å². The van der Waals surface area contributed by atoms with Crippen LogP contribution in [0.4, 0.5) is 0 Å². The van der Waals surface area contributed by atoms with E-state index in [2.05, 4.69) is 40.0 Å². The summed E-state index contributed by atoms with van der Waals surface area (Å²) in [6, 6.07) is 0. The molecule has 0 atom stereocenters. The highest BCUT2D eigenvalue weighted by atomic mass is 16.5. The molecule has 10 heteroatoms. The zero-order valence-corrected chi connectivity index (χ0v) is 30.3. The molecular formula is C36H76N6O4. The molecule has 0 bridgehead atoms. The summed E-state index contributed by atoms with van der Waals surface area (Å²) in [7, 11) is 0. The van der Waals surface area contributed by atoms with E-state index in [1.165, 1.54) is 103 Å². The highest BCUT2D eigenvalue weighted by Gasteiger charge is 2.10. The number of carbonyl (C=O) groups excluding carboxylic acids is 2. The second-order valence-corrected chi connectivity index (χ2v) is 12.6. The highest BCUT2D eigenvalue weighted by Crippen LogP contribution is 2.10. The van der Waals surface area contributed by atoms with Crippen molar-refractivity contribution in [2.45, 2.75) is 142 Å². The van der Waals surface area contributed by atoms with Gasteiger partial charge in [-0.1, -0.05) is 117 Å². The molecule has 10 nitrogen and oxygen atoms in total. The molecule has 0 aliphatic rings. The van der Waals surface area contributed by atoms with Crippen molar-refractivity contribution in [2.75, 3.05) is 79.0 Å². The molecule has 0 unspecified atom stereocenters. The first-order valence-electron chi connectivity index (χ1n) is 19.2. The Bertz CT molecular complexity index is 594. The molecule has 0 spiro atoms. The molecule has 0 aromatic rings. The average Bonchev–Trinajstić information content (AvgIpc) is 3.06. The predicted octanol–water partition coefficient (Wildman–Crippen LogP) is 5.45. The summed E-state index contributed by atoms with van der Waals surface area (Å²) in [4.78, 5) is 26.6. The van der Waals surface area contributed by atoms with E-state index in [0.29, 0.717) is 78.7 Å². The number of unbranched alkanes of at least 4 members (excludes halogenated alkanes) is 16. The maximum atomic E-state index is 12.3. The van der Waals surface area contributed by atoms with Crippen LogP contribution in [0.15, 0.2) is 0 Å². The SMILES string of the molecule is CCCCCCCCCCCOCNCCNC(=O)CCN(CCN)CCC(=O)NCCNCOCCCCCCCCCCC. The van der Waals surface area contributed by atoms with E-state index >= 15 is 0 Å². The summed E-state index contributed by atoms with van der Waals surface area (Å²) in [5.41, 5.74) is 5.76. The largest absolute Gasteiger partial charge is 0.366 e. The molecule has 274 valence electrons. The van der Waals surface area contributed by atoms with Gasteiger partial charge in [-0.05, 0) is 12.8 Å². The van der Waals surface area contributed by atoms with E-state index in [9.17, 15) is 9.59 Å². The van der Waals surface area contributed by atoms with E-state index in [-0.39, 0.29) is 11.8 Å². The van der Waals surface area contributed by atoms with Crippen molar-refractivity contribution in [3.05, 3.63) is 0 Å². The first-order chi connectivity index (χ1) is 22.6. The molecule has 0 heterocycles. The van der Waals surface area contributed by atoms with Crippen LogP contribution >= 0.6 is 0 Å². The van der Waals surface area contributed by atoms with Crippen molar-refractivity contribution in [3.63, 3.8) is 0 Å². The zero-order chi connectivity index (χ0) is 33.6. The third kappa shape index (κ3) is 35.6. The molecular weight excluding hydrogens is 580 g/mol. The number of nitrogens with one attached hydrogen (secondary N) is 4. The van der Waals surface area contributed by atoms with Gasteiger partial charge in [0.1, 0.15) is 0 Å². The minimum atomic E-state index is 0.00924. The Morgan fingerprint density at radius 1 is 0.522 bits per heavy atom. The normalized spacial score (nSPS) is 11.4. The Balaban J connectivity index is 3.58. The van der Waals surface area contributed by atoms with Crippen molar-refractivity contribution in [1.82, 2.24) is 26.2 Å². The van der Waals surface area contributed by atoms with E-state index in [4.69, 9.17) is 15.2 Å². The monoisotopic (exact) mass is 657 g/mol. The maximum Gasteiger partial charge on any atom is 0.221 e. The van der Waals surface area contributed by atoms with E-state index in [1.807, 2.05) is 0 Å². The predicted molar refractivity (Wildman–Crippen MR) is 193 cm³/mol. The molecule has 0 rings (SSSR count). The van der Waals surface area contributed by atoms with Crippen LogP contribution in [0.5, 0.6) is 0 Å². The summed E-state index contributed by atoms with van der Waals surface area (Å²) in [5.74, 6) is 0.0185. The molecule has 0 fully saturated rings. The fraction of sp³-hybridized carbons (Fsp3) is 0.944. The molecule has 0 saturated heterocycles. The highest BCUT2D eigenvalue weighted by molar-refractivity contribution is 5.76. The summed E-state index contributed by atoms with van der Waals surface area (Å²) >= 11 is 0. The molecule has 6 N–H and O–H groups in total. The summed E-state index contributed by atoms with van der Waals surface area (Å²) < 4.78 is 11.3. The van der Waals surface area contributed by atoms with Crippen LogP contribution in [0, 0.1) is 0 Å². The lowest BCUT2D eigenvalue weighted by Crippen LogP contribution is -2.39. The van der Waals surface area contributed by atoms with Gasteiger partial charge in [0, 0.05) is 78.4 Å². The van der Waals surface area contributed by atoms with Crippen molar-refractivity contribution in [3.8, 4) is 0 Å². The number of nitrogens with two attached hydrogens (primary N) is 1. The fourth-order valence-corrected chi connectivity index (χ4v) is 5.26. The lowest BCUT2D eigenvalue weighted by molar-refractivity contribution is -0.121. The molecule has 0 aliphatic carbocycles. The maximum absolute atomic E-state index is 12.3. The molecule has 0 aromatic carbocycles. The number of ether oxygens (including phenoxy) is 2.